The van der Waals surface area contributed by atoms with Gasteiger partial charge in [0.15, 0.2) is 11.8 Å². The van der Waals surface area contributed by atoms with Gasteiger partial charge in [-0.2, -0.15) is 5.10 Å². The Labute approximate surface area is 176 Å². The first-order valence-electron chi connectivity index (χ1n) is 9.56. The summed E-state index contributed by atoms with van der Waals surface area (Å²) < 4.78 is 1.86. The minimum absolute atomic E-state index is 0.646. The molecule has 0 saturated carbocycles. The van der Waals surface area contributed by atoms with E-state index in [-0.39, 0.29) is 0 Å². The smallest absolute Gasteiger partial charge is 0.191 e. The van der Waals surface area contributed by atoms with Crippen molar-refractivity contribution in [1.82, 2.24) is 25.4 Å². The molecule has 0 amide bonds. The summed E-state index contributed by atoms with van der Waals surface area (Å²) in [5.74, 6) is 1.59. The highest BCUT2D eigenvalue weighted by atomic mass is 32.2. The largest absolute Gasteiger partial charge is 0.352 e. The number of aromatic nitrogens is 3. The average Bonchev–Trinajstić information content (AvgIpc) is 3.07. The molecule has 3 aromatic rings. The third kappa shape index (κ3) is 5.38. The quantitative estimate of drug-likeness (QED) is 0.369. The Morgan fingerprint density at radius 3 is 2.48 bits per heavy atom. The number of aliphatic imine (C=N–C) groups is 1. The molecule has 2 aromatic heterocycles. The van der Waals surface area contributed by atoms with Crippen LogP contribution in [0.4, 0.5) is 0 Å². The van der Waals surface area contributed by atoms with Crippen molar-refractivity contribution in [3.63, 3.8) is 0 Å². The number of hydrogen-bond acceptors (Lipinski definition) is 4. The standard InChI is InChI=1S/C22H28N6S/c1-15-6-8-19(20(10-15)29-5)14-26-22(23-4)25-13-18-7-9-21(24-12-18)28-17(3)11-16(2)27-28/h6-12H,13-14H2,1-5H3,(H2,23,25,26). The van der Waals surface area contributed by atoms with Crippen LogP contribution in [-0.2, 0) is 13.1 Å². The van der Waals surface area contributed by atoms with Gasteiger partial charge in [0, 0.05) is 36.9 Å². The normalized spacial score (nSPS) is 11.6. The lowest BCUT2D eigenvalue weighted by atomic mass is 10.1. The Balaban J connectivity index is 1.58. The average molecular weight is 409 g/mol. The summed E-state index contributed by atoms with van der Waals surface area (Å²) >= 11 is 1.77. The van der Waals surface area contributed by atoms with Crippen molar-refractivity contribution in [2.24, 2.45) is 4.99 Å². The predicted octanol–water partition coefficient (Wildman–Crippen LogP) is 3.78. The molecule has 7 heteroatoms. The molecule has 1 aromatic carbocycles. The van der Waals surface area contributed by atoms with Gasteiger partial charge in [-0.3, -0.25) is 4.99 Å². The summed E-state index contributed by atoms with van der Waals surface area (Å²) in [7, 11) is 1.78. The van der Waals surface area contributed by atoms with Crippen LogP contribution >= 0.6 is 11.8 Å². The minimum Gasteiger partial charge on any atom is -0.352 e. The summed E-state index contributed by atoms with van der Waals surface area (Å²) in [6.07, 6.45) is 3.98. The molecule has 152 valence electrons. The van der Waals surface area contributed by atoms with Crippen molar-refractivity contribution in [2.45, 2.75) is 38.8 Å². The number of benzene rings is 1. The summed E-state index contributed by atoms with van der Waals surface area (Å²) in [4.78, 5) is 10.2. The second kappa shape index (κ2) is 9.60. The molecule has 2 heterocycles. The number of nitrogens with zero attached hydrogens (tertiary/aromatic N) is 4. The number of hydrogen-bond donors (Lipinski definition) is 2. The van der Waals surface area contributed by atoms with Crippen LogP contribution in [0.3, 0.4) is 0 Å². The molecule has 0 saturated heterocycles. The maximum absolute atomic E-state index is 4.55. The highest BCUT2D eigenvalue weighted by Gasteiger charge is 2.06. The van der Waals surface area contributed by atoms with Gasteiger partial charge in [-0.05, 0) is 61.9 Å². The molecule has 0 spiro atoms. The molecule has 0 aliphatic heterocycles. The fourth-order valence-electron chi connectivity index (χ4n) is 3.09. The zero-order valence-electron chi connectivity index (χ0n) is 17.7. The van der Waals surface area contributed by atoms with Gasteiger partial charge in [-0.15, -0.1) is 11.8 Å². The molecule has 0 aliphatic rings. The highest BCUT2D eigenvalue weighted by molar-refractivity contribution is 7.98. The van der Waals surface area contributed by atoms with Crippen molar-refractivity contribution in [3.8, 4) is 5.82 Å². The topological polar surface area (TPSA) is 67.1 Å². The molecular weight excluding hydrogens is 380 g/mol. The third-order valence-corrected chi connectivity index (χ3v) is 5.43. The van der Waals surface area contributed by atoms with E-state index in [2.05, 4.69) is 63.2 Å². The third-order valence-electron chi connectivity index (χ3n) is 4.61. The van der Waals surface area contributed by atoms with E-state index in [1.54, 1.807) is 18.8 Å². The monoisotopic (exact) mass is 408 g/mol. The molecule has 0 atom stereocenters. The zero-order valence-corrected chi connectivity index (χ0v) is 18.5. The van der Waals surface area contributed by atoms with E-state index >= 15 is 0 Å². The van der Waals surface area contributed by atoms with Crippen LogP contribution in [0.25, 0.3) is 5.82 Å². The number of guanidine groups is 1. The minimum atomic E-state index is 0.646. The summed E-state index contributed by atoms with van der Waals surface area (Å²) in [5.41, 5.74) is 5.69. The Hall–Kier alpha value is -2.80. The number of pyridine rings is 1. The van der Waals surface area contributed by atoms with Crippen molar-refractivity contribution < 1.29 is 0 Å². The first kappa shape index (κ1) is 20.9. The molecule has 6 nitrogen and oxygen atoms in total. The Kier molecular flexibility index (Phi) is 6.93. The molecule has 0 aliphatic carbocycles. The Bertz CT molecular complexity index is 991. The first-order valence-corrected chi connectivity index (χ1v) is 10.8. The number of thioether (sulfide) groups is 1. The van der Waals surface area contributed by atoms with Gasteiger partial charge in [0.2, 0.25) is 0 Å². The second-order valence-electron chi connectivity index (χ2n) is 6.96. The number of nitrogens with one attached hydrogen (secondary N) is 2. The van der Waals surface area contributed by atoms with E-state index in [0.717, 1.165) is 35.3 Å². The molecule has 29 heavy (non-hydrogen) atoms. The van der Waals surface area contributed by atoms with E-state index in [9.17, 15) is 0 Å². The number of aryl methyl sites for hydroxylation is 3. The molecular formula is C22H28N6S. The second-order valence-corrected chi connectivity index (χ2v) is 7.81. The summed E-state index contributed by atoms with van der Waals surface area (Å²) in [6, 6.07) is 12.6. The molecule has 3 rings (SSSR count). The van der Waals surface area contributed by atoms with Gasteiger partial charge in [0.1, 0.15) is 0 Å². The Morgan fingerprint density at radius 2 is 1.86 bits per heavy atom. The molecule has 0 fully saturated rings. The molecule has 0 unspecified atom stereocenters. The SMILES string of the molecule is CN=C(NCc1ccc(-n2nc(C)cc2C)nc1)NCc1ccc(C)cc1SC. The molecule has 0 radical (unpaired) electrons. The maximum atomic E-state index is 4.55. The summed E-state index contributed by atoms with van der Waals surface area (Å²) in [5, 5.41) is 11.2. The van der Waals surface area contributed by atoms with Gasteiger partial charge >= 0.3 is 0 Å². The lowest BCUT2D eigenvalue weighted by Crippen LogP contribution is -2.36. The van der Waals surface area contributed by atoms with Crippen LogP contribution in [0, 0.1) is 20.8 Å². The molecule has 0 bridgehead atoms. The van der Waals surface area contributed by atoms with Gasteiger partial charge in [0.25, 0.3) is 0 Å². The van der Waals surface area contributed by atoms with E-state index in [1.165, 1.54) is 16.0 Å². The van der Waals surface area contributed by atoms with Gasteiger partial charge in [-0.1, -0.05) is 18.2 Å². The van der Waals surface area contributed by atoms with Gasteiger partial charge < -0.3 is 10.6 Å². The van der Waals surface area contributed by atoms with E-state index in [0.29, 0.717) is 6.54 Å². The lowest BCUT2D eigenvalue weighted by molar-refractivity contribution is 0.787. The van der Waals surface area contributed by atoms with Crippen LogP contribution in [0.15, 0.2) is 52.5 Å². The maximum Gasteiger partial charge on any atom is 0.191 e. The van der Waals surface area contributed by atoms with Crippen LogP contribution in [0.5, 0.6) is 0 Å². The predicted molar refractivity (Wildman–Crippen MR) is 121 cm³/mol. The van der Waals surface area contributed by atoms with Crippen LogP contribution in [0.1, 0.15) is 28.1 Å². The highest BCUT2D eigenvalue weighted by Crippen LogP contribution is 2.21. The van der Waals surface area contributed by atoms with E-state index in [1.807, 2.05) is 36.9 Å². The van der Waals surface area contributed by atoms with Gasteiger partial charge in [-0.25, -0.2) is 9.67 Å². The lowest BCUT2D eigenvalue weighted by Gasteiger charge is -2.14. The Morgan fingerprint density at radius 1 is 1.07 bits per heavy atom. The van der Waals surface area contributed by atoms with Crippen LogP contribution < -0.4 is 10.6 Å². The van der Waals surface area contributed by atoms with E-state index < -0.39 is 0 Å². The fourth-order valence-corrected chi connectivity index (χ4v) is 3.80. The van der Waals surface area contributed by atoms with Crippen LogP contribution in [0.2, 0.25) is 0 Å². The zero-order chi connectivity index (χ0) is 20.8. The van der Waals surface area contributed by atoms with Crippen LogP contribution in [-0.4, -0.2) is 34.0 Å². The number of rotatable bonds is 6. The van der Waals surface area contributed by atoms with Gasteiger partial charge in [0.05, 0.1) is 5.69 Å². The fraction of sp³-hybridized carbons (Fsp3) is 0.318. The van der Waals surface area contributed by atoms with Crippen molar-refractivity contribution in [2.75, 3.05) is 13.3 Å². The van der Waals surface area contributed by atoms with Crippen molar-refractivity contribution >= 4 is 17.7 Å². The van der Waals surface area contributed by atoms with E-state index in [4.69, 9.17) is 0 Å². The molecule has 2 N–H and O–H groups in total. The first-order chi connectivity index (χ1) is 14.0. The van der Waals surface area contributed by atoms with Crippen molar-refractivity contribution in [1.29, 1.82) is 0 Å². The summed E-state index contributed by atoms with van der Waals surface area (Å²) in [6.45, 7) is 7.51. The van der Waals surface area contributed by atoms with Crippen molar-refractivity contribution in [3.05, 3.63) is 70.7 Å².